The van der Waals surface area contributed by atoms with Crippen LogP contribution in [0.15, 0.2) is 12.7 Å². The molecule has 0 radical (unpaired) electrons. The van der Waals surface area contributed by atoms with Gasteiger partial charge >= 0.3 is 8.80 Å². The summed E-state index contributed by atoms with van der Waals surface area (Å²) in [6.07, 6.45) is 21.4. The summed E-state index contributed by atoms with van der Waals surface area (Å²) in [4.78, 5) is 18.8. The third-order valence-corrected chi connectivity index (χ3v) is 6.15. The quantitative estimate of drug-likeness (QED) is 0.193. The van der Waals surface area contributed by atoms with Gasteiger partial charge in [0.05, 0.1) is 0 Å². The molecule has 0 bridgehead atoms. The molecule has 0 unspecified atom stereocenters. The van der Waals surface area contributed by atoms with Crippen LogP contribution >= 0.6 is 0 Å². The summed E-state index contributed by atoms with van der Waals surface area (Å²) in [5, 5.41) is 0. The van der Waals surface area contributed by atoms with Crippen LogP contribution in [-0.2, 0) is 4.43 Å². The summed E-state index contributed by atoms with van der Waals surface area (Å²) in [6, 6.07) is 0.442. The summed E-state index contributed by atoms with van der Waals surface area (Å²) in [7, 11) is -1.90. The Hall–Kier alpha value is -0.163. The van der Waals surface area contributed by atoms with Crippen molar-refractivity contribution in [3.8, 4) is 0 Å². The van der Waals surface area contributed by atoms with E-state index in [4.69, 9.17) is 4.43 Å². The molecular formula is C19H40O3Si. The Balaban J connectivity index is 3.07. The summed E-state index contributed by atoms with van der Waals surface area (Å²) in [5.74, 6) is 0. The van der Waals surface area contributed by atoms with Gasteiger partial charge < -0.3 is 14.0 Å². The maximum absolute atomic E-state index is 9.41. The van der Waals surface area contributed by atoms with E-state index < -0.39 is 8.80 Å². The molecule has 0 fully saturated rings. The average Bonchev–Trinajstić information content (AvgIpc) is 2.54. The van der Waals surface area contributed by atoms with Crippen LogP contribution in [-0.4, -0.2) is 25.5 Å². The monoisotopic (exact) mass is 344 g/mol. The van der Waals surface area contributed by atoms with Gasteiger partial charge in [-0.3, -0.25) is 0 Å². The first-order chi connectivity index (χ1) is 11.1. The average molecular weight is 345 g/mol. The van der Waals surface area contributed by atoms with Crippen molar-refractivity contribution in [2.45, 2.75) is 102 Å². The molecule has 138 valence electrons. The molecule has 0 saturated carbocycles. The van der Waals surface area contributed by atoms with Crippen molar-refractivity contribution >= 4 is 8.80 Å². The van der Waals surface area contributed by atoms with Crippen LogP contribution in [0.25, 0.3) is 0 Å². The maximum atomic E-state index is 9.41. The predicted molar refractivity (Wildman–Crippen MR) is 101 cm³/mol. The minimum Gasteiger partial charge on any atom is -0.390 e. The standard InChI is InChI=1S/C19H40O3Si/c1-3-4-5-6-7-8-9-10-11-12-13-14-15-16-17-18-19-23(20,21)22-2/h3,20-21H,1,4-19H2,2H3. The van der Waals surface area contributed by atoms with Gasteiger partial charge in [-0.05, 0) is 19.3 Å². The Bertz CT molecular complexity index is 257. The second-order valence-corrected chi connectivity index (χ2v) is 9.12. The van der Waals surface area contributed by atoms with Gasteiger partial charge in [0.2, 0.25) is 0 Å². The largest absolute Gasteiger partial charge is 0.495 e. The first-order valence-corrected chi connectivity index (χ1v) is 11.7. The van der Waals surface area contributed by atoms with Crippen LogP contribution in [0.4, 0.5) is 0 Å². The summed E-state index contributed by atoms with van der Waals surface area (Å²) < 4.78 is 4.71. The lowest BCUT2D eigenvalue weighted by molar-refractivity contribution is 0.183. The molecule has 0 aliphatic heterocycles. The fourth-order valence-corrected chi connectivity index (χ4v) is 3.78. The molecule has 23 heavy (non-hydrogen) atoms. The van der Waals surface area contributed by atoms with E-state index in [9.17, 15) is 9.59 Å². The van der Waals surface area contributed by atoms with Crippen molar-refractivity contribution in [1.82, 2.24) is 0 Å². The Morgan fingerprint density at radius 1 is 0.696 bits per heavy atom. The zero-order valence-corrected chi connectivity index (χ0v) is 16.4. The van der Waals surface area contributed by atoms with Crippen LogP contribution in [0.3, 0.4) is 0 Å². The normalized spacial score (nSPS) is 11.8. The van der Waals surface area contributed by atoms with Crippen molar-refractivity contribution in [3.05, 3.63) is 12.7 Å². The fourth-order valence-electron chi connectivity index (χ4n) is 2.87. The van der Waals surface area contributed by atoms with E-state index in [0.29, 0.717) is 6.04 Å². The zero-order chi connectivity index (χ0) is 17.2. The van der Waals surface area contributed by atoms with Crippen molar-refractivity contribution in [2.75, 3.05) is 7.11 Å². The van der Waals surface area contributed by atoms with Gasteiger partial charge in [0.1, 0.15) is 0 Å². The second-order valence-electron chi connectivity index (χ2n) is 6.72. The van der Waals surface area contributed by atoms with E-state index >= 15 is 0 Å². The van der Waals surface area contributed by atoms with Gasteiger partial charge in [0.25, 0.3) is 0 Å². The summed E-state index contributed by atoms with van der Waals surface area (Å²) in [6.45, 7) is 3.75. The molecule has 0 aromatic heterocycles. The Morgan fingerprint density at radius 3 is 1.39 bits per heavy atom. The lowest BCUT2D eigenvalue weighted by Crippen LogP contribution is -2.37. The number of allylic oxidation sites excluding steroid dienone is 1. The zero-order valence-electron chi connectivity index (χ0n) is 15.4. The highest BCUT2D eigenvalue weighted by atomic mass is 28.4. The minimum atomic E-state index is -3.29. The van der Waals surface area contributed by atoms with Crippen molar-refractivity contribution in [2.24, 2.45) is 0 Å². The number of rotatable bonds is 18. The molecule has 3 nitrogen and oxygen atoms in total. The Kier molecular flexibility index (Phi) is 16.6. The molecule has 0 aliphatic rings. The highest BCUT2D eigenvalue weighted by Gasteiger charge is 2.29. The third-order valence-electron chi connectivity index (χ3n) is 4.49. The molecular weight excluding hydrogens is 304 g/mol. The molecule has 4 heteroatoms. The Morgan fingerprint density at radius 2 is 1.04 bits per heavy atom. The van der Waals surface area contributed by atoms with E-state index in [1.165, 1.54) is 90.6 Å². The van der Waals surface area contributed by atoms with Crippen LogP contribution < -0.4 is 0 Å². The lowest BCUT2D eigenvalue weighted by Gasteiger charge is -2.13. The SMILES string of the molecule is C=CCCCCCCCCCCCCCCCC[Si](O)(O)OC. The molecule has 0 rings (SSSR count). The van der Waals surface area contributed by atoms with Gasteiger partial charge in [0, 0.05) is 13.2 Å². The van der Waals surface area contributed by atoms with E-state index in [1.54, 1.807) is 0 Å². The molecule has 0 spiro atoms. The number of hydrogen-bond acceptors (Lipinski definition) is 3. The molecule has 0 heterocycles. The van der Waals surface area contributed by atoms with Crippen LogP contribution in [0, 0.1) is 0 Å². The molecule has 2 N–H and O–H groups in total. The fraction of sp³-hybridized carbons (Fsp3) is 0.895. The predicted octanol–water partition coefficient (Wildman–Crippen LogP) is 5.59. The van der Waals surface area contributed by atoms with Gasteiger partial charge in [-0.1, -0.05) is 83.1 Å². The summed E-state index contributed by atoms with van der Waals surface area (Å²) >= 11 is 0. The molecule has 0 aromatic rings. The number of unbranched alkanes of at least 4 members (excludes halogenated alkanes) is 14. The van der Waals surface area contributed by atoms with E-state index in [1.807, 2.05) is 6.08 Å². The van der Waals surface area contributed by atoms with Crippen LogP contribution in [0.2, 0.25) is 6.04 Å². The topological polar surface area (TPSA) is 49.7 Å². The Labute approximate surface area is 145 Å². The first kappa shape index (κ1) is 22.8. The summed E-state index contributed by atoms with van der Waals surface area (Å²) in [5.41, 5.74) is 0. The molecule has 0 aliphatic carbocycles. The lowest BCUT2D eigenvalue weighted by atomic mass is 10.0. The van der Waals surface area contributed by atoms with Crippen LogP contribution in [0.5, 0.6) is 0 Å². The van der Waals surface area contributed by atoms with E-state index in [2.05, 4.69) is 6.58 Å². The molecule has 0 atom stereocenters. The molecule has 0 saturated heterocycles. The first-order valence-electron chi connectivity index (χ1n) is 9.73. The van der Waals surface area contributed by atoms with E-state index in [0.717, 1.165) is 12.8 Å². The van der Waals surface area contributed by atoms with Gasteiger partial charge in [-0.25, -0.2) is 0 Å². The van der Waals surface area contributed by atoms with Crippen molar-refractivity contribution in [3.63, 3.8) is 0 Å². The van der Waals surface area contributed by atoms with Gasteiger partial charge in [0.15, 0.2) is 0 Å². The van der Waals surface area contributed by atoms with Gasteiger partial charge in [-0.15, -0.1) is 6.58 Å². The van der Waals surface area contributed by atoms with Crippen LogP contribution in [0.1, 0.15) is 96.3 Å². The molecule has 0 aromatic carbocycles. The highest BCUT2D eigenvalue weighted by molar-refractivity contribution is 6.57. The van der Waals surface area contributed by atoms with Crippen molar-refractivity contribution in [1.29, 1.82) is 0 Å². The third kappa shape index (κ3) is 18.0. The number of hydrogen-bond donors (Lipinski definition) is 2. The minimum absolute atomic E-state index is 0.442. The smallest absolute Gasteiger partial charge is 0.390 e. The van der Waals surface area contributed by atoms with Crippen molar-refractivity contribution < 1.29 is 14.0 Å². The molecule has 0 amide bonds. The van der Waals surface area contributed by atoms with Gasteiger partial charge in [-0.2, -0.15) is 0 Å². The highest BCUT2D eigenvalue weighted by Crippen LogP contribution is 2.15. The maximum Gasteiger partial charge on any atom is 0.495 e. The van der Waals surface area contributed by atoms with E-state index in [-0.39, 0.29) is 0 Å². The second kappa shape index (κ2) is 16.7.